The number of para-hydroxylation sites is 1. The molecule has 2 aromatic carbocycles. The summed E-state index contributed by atoms with van der Waals surface area (Å²) in [6.45, 7) is 5.29. The molecule has 0 aromatic heterocycles. The highest BCUT2D eigenvalue weighted by Crippen LogP contribution is 2.17. The van der Waals surface area contributed by atoms with Crippen molar-refractivity contribution in [3.05, 3.63) is 60.2 Å². The molecule has 1 aliphatic heterocycles. The molecule has 0 aliphatic carbocycles. The van der Waals surface area contributed by atoms with E-state index in [4.69, 9.17) is 4.74 Å². The number of benzene rings is 2. The highest BCUT2D eigenvalue weighted by Gasteiger charge is 2.24. The largest absolute Gasteiger partial charge is 0.492 e. The summed E-state index contributed by atoms with van der Waals surface area (Å²) in [7, 11) is -3.43. The molecule has 6 heteroatoms. The third-order valence-electron chi connectivity index (χ3n) is 4.72. The van der Waals surface area contributed by atoms with Crippen LogP contribution in [0.1, 0.15) is 18.4 Å². The molecule has 1 N–H and O–H groups in total. The van der Waals surface area contributed by atoms with Gasteiger partial charge in [-0.1, -0.05) is 36.4 Å². The van der Waals surface area contributed by atoms with Gasteiger partial charge in [0.25, 0.3) is 0 Å². The average molecular weight is 375 g/mol. The van der Waals surface area contributed by atoms with E-state index >= 15 is 0 Å². The molecule has 2 aromatic rings. The monoisotopic (exact) mass is 374 g/mol. The van der Waals surface area contributed by atoms with Crippen LogP contribution in [-0.4, -0.2) is 45.6 Å². The van der Waals surface area contributed by atoms with Gasteiger partial charge in [-0.2, -0.15) is 0 Å². The molecular weight excluding hydrogens is 348 g/mol. The van der Waals surface area contributed by atoms with E-state index in [9.17, 15) is 8.42 Å². The lowest BCUT2D eigenvalue weighted by atomic mass is 10.1. The Kier molecular flexibility index (Phi) is 6.29. The Hall–Kier alpha value is -1.89. The van der Waals surface area contributed by atoms with Gasteiger partial charge in [0.05, 0.1) is 4.90 Å². The van der Waals surface area contributed by atoms with Gasteiger partial charge in [0.15, 0.2) is 0 Å². The normalized spacial score (nSPS) is 16.5. The zero-order chi connectivity index (χ0) is 18.4. The van der Waals surface area contributed by atoms with Crippen molar-refractivity contribution >= 4 is 10.0 Å². The van der Waals surface area contributed by atoms with E-state index in [-0.39, 0.29) is 6.04 Å². The molecule has 1 fully saturated rings. The van der Waals surface area contributed by atoms with Crippen LogP contribution in [0.2, 0.25) is 0 Å². The summed E-state index contributed by atoms with van der Waals surface area (Å²) >= 11 is 0. The molecule has 3 rings (SSSR count). The van der Waals surface area contributed by atoms with Crippen LogP contribution >= 0.6 is 0 Å². The van der Waals surface area contributed by atoms with E-state index in [1.165, 1.54) is 0 Å². The summed E-state index contributed by atoms with van der Waals surface area (Å²) in [5.74, 6) is 0.929. The van der Waals surface area contributed by atoms with Gasteiger partial charge in [-0.25, -0.2) is 13.1 Å². The highest BCUT2D eigenvalue weighted by molar-refractivity contribution is 7.89. The summed E-state index contributed by atoms with van der Waals surface area (Å²) in [5.41, 5.74) is 1.14. The molecule has 0 bridgehead atoms. The van der Waals surface area contributed by atoms with E-state index in [1.54, 1.807) is 24.3 Å². The number of ether oxygens (including phenoxy) is 1. The smallest absolute Gasteiger partial charge is 0.240 e. The van der Waals surface area contributed by atoms with Gasteiger partial charge in [0, 0.05) is 12.6 Å². The fourth-order valence-corrected chi connectivity index (χ4v) is 4.49. The van der Waals surface area contributed by atoms with E-state index < -0.39 is 10.0 Å². The Morgan fingerprint density at radius 3 is 2.38 bits per heavy atom. The molecule has 0 atom stereocenters. The van der Waals surface area contributed by atoms with Gasteiger partial charge < -0.3 is 4.74 Å². The van der Waals surface area contributed by atoms with Gasteiger partial charge in [0.2, 0.25) is 10.0 Å². The van der Waals surface area contributed by atoms with Crippen LogP contribution in [0.15, 0.2) is 59.5 Å². The van der Waals surface area contributed by atoms with Crippen LogP contribution < -0.4 is 9.46 Å². The SMILES string of the molecule is Cc1ccccc1OCCN1CCC(NS(=O)(=O)c2ccccc2)CC1. The summed E-state index contributed by atoms with van der Waals surface area (Å²) in [4.78, 5) is 2.65. The summed E-state index contributed by atoms with van der Waals surface area (Å²) in [5, 5.41) is 0. The van der Waals surface area contributed by atoms with Crippen molar-refractivity contribution < 1.29 is 13.2 Å². The van der Waals surface area contributed by atoms with Crippen molar-refractivity contribution in [2.45, 2.75) is 30.7 Å². The zero-order valence-corrected chi connectivity index (χ0v) is 15.9. The Bertz CT molecular complexity index is 801. The van der Waals surface area contributed by atoms with E-state index in [1.807, 2.05) is 37.3 Å². The first-order valence-electron chi connectivity index (χ1n) is 9.03. The van der Waals surface area contributed by atoms with Crippen LogP contribution in [0.25, 0.3) is 0 Å². The van der Waals surface area contributed by atoms with Gasteiger partial charge in [0.1, 0.15) is 12.4 Å². The third kappa shape index (κ3) is 5.06. The number of nitrogens with zero attached hydrogens (tertiary/aromatic N) is 1. The predicted molar refractivity (Wildman–Crippen MR) is 103 cm³/mol. The van der Waals surface area contributed by atoms with Gasteiger partial charge in [-0.05, 0) is 56.6 Å². The van der Waals surface area contributed by atoms with Crippen LogP contribution in [-0.2, 0) is 10.0 Å². The molecule has 1 aliphatic rings. The van der Waals surface area contributed by atoms with Crippen LogP contribution in [0.3, 0.4) is 0 Å². The topological polar surface area (TPSA) is 58.6 Å². The number of hydrogen-bond donors (Lipinski definition) is 1. The van der Waals surface area contributed by atoms with Crippen LogP contribution in [0, 0.1) is 6.92 Å². The summed E-state index contributed by atoms with van der Waals surface area (Å²) < 4.78 is 33.5. The molecule has 5 nitrogen and oxygen atoms in total. The van der Waals surface area contributed by atoms with Gasteiger partial charge in [-0.3, -0.25) is 4.90 Å². The molecule has 0 amide bonds. The first kappa shape index (κ1) is 18.9. The molecule has 0 spiro atoms. The second kappa shape index (κ2) is 8.66. The Labute approximate surface area is 156 Å². The minimum Gasteiger partial charge on any atom is -0.492 e. The molecule has 140 valence electrons. The van der Waals surface area contributed by atoms with Crippen molar-refractivity contribution in [3.63, 3.8) is 0 Å². The van der Waals surface area contributed by atoms with Crippen LogP contribution in [0.4, 0.5) is 0 Å². The first-order chi connectivity index (χ1) is 12.5. The number of hydrogen-bond acceptors (Lipinski definition) is 4. The van der Waals surface area contributed by atoms with E-state index in [0.717, 1.165) is 43.8 Å². The molecule has 1 heterocycles. The second-order valence-electron chi connectivity index (χ2n) is 6.66. The van der Waals surface area contributed by atoms with Crippen molar-refractivity contribution in [3.8, 4) is 5.75 Å². The third-order valence-corrected chi connectivity index (χ3v) is 6.26. The van der Waals surface area contributed by atoms with E-state index in [2.05, 4.69) is 9.62 Å². The average Bonchev–Trinajstić information content (AvgIpc) is 2.65. The minimum atomic E-state index is -3.43. The van der Waals surface area contributed by atoms with Crippen molar-refractivity contribution in [1.29, 1.82) is 0 Å². The van der Waals surface area contributed by atoms with Gasteiger partial charge in [-0.15, -0.1) is 0 Å². The van der Waals surface area contributed by atoms with Crippen molar-refractivity contribution in [1.82, 2.24) is 9.62 Å². The Balaban J connectivity index is 1.42. The standard InChI is InChI=1S/C20H26N2O3S/c1-17-7-5-6-10-20(17)25-16-15-22-13-11-18(12-14-22)21-26(23,24)19-8-3-2-4-9-19/h2-10,18,21H,11-16H2,1H3. The number of piperidine rings is 1. The maximum Gasteiger partial charge on any atom is 0.240 e. The zero-order valence-electron chi connectivity index (χ0n) is 15.1. The first-order valence-corrected chi connectivity index (χ1v) is 10.5. The molecule has 0 radical (unpaired) electrons. The van der Waals surface area contributed by atoms with E-state index in [0.29, 0.717) is 11.5 Å². The Morgan fingerprint density at radius 1 is 1.04 bits per heavy atom. The number of sulfonamides is 1. The summed E-state index contributed by atoms with van der Waals surface area (Å²) in [6, 6.07) is 16.6. The number of likely N-dealkylation sites (tertiary alicyclic amines) is 1. The summed E-state index contributed by atoms with van der Waals surface area (Å²) in [6.07, 6.45) is 1.63. The molecule has 0 unspecified atom stereocenters. The fraction of sp³-hybridized carbons (Fsp3) is 0.400. The molecule has 26 heavy (non-hydrogen) atoms. The molecule has 1 saturated heterocycles. The minimum absolute atomic E-state index is 0.00579. The maximum absolute atomic E-state index is 12.4. The lowest BCUT2D eigenvalue weighted by molar-refractivity contribution is 0.170. The number of nitrogens with one attached hydrogen (secondary N) is 1. The molecule has 0 saturated carbocycles. The lowest BCUT2D eigenvalue weighted by Gasteiger charge is -2.32. The predicted octanol–water partition coefficient (Wildman–Crippen LogP) is 2.82. The van der Waals surface area contributed by atoms with Crippen molar-refractivity contribution in [2.75, 3.05) is 26.2 Å². The van der Waals surface area contributed by atoms with Crippen LogP contribution in [0.5, 0.6) is 5.75 Å². The highest BCUT2D eigenvalue weighted by atomic mass is 32.2. The van der Waals surface area contributed by atoms with Crippen molar-refractivity contribution in [2.24, 2.45) is 0 Å². The fourth-order valence-electron chi connectivity index (χ4n) is 3.16. The number of aryl methyl sites for hydroxylation is 1. The van der Waals surface area contributed by atoms with Gasteiger partial charge >= 0.3 is 0 Å². The quantitative estimate of drug-likeness (QED) is 0.810. The lowest BCUT2D eigenvalue weighted by Crippen LogP contribution is -2.45. The second-order valence-corrected chi connectivity index (χ2v) is 8.38. The number of rotatable bonds is 7. The Morgan fingerprint density at radius 2 is 1.69 bits per heavy atom. The maximum atomic E-state index is 12.4. The molecular formula is C20H26N2O3S.